The van der Waals surface area contributed by atoms with E-state index < -0.39 is 9.84 Å². The van der Waals surface area contributed by atoms with Crippen LogP contribution in [-0.4, -0.2) is 46.2 Å². The maximum Gasteiger partial charge on any atom is 0.147 e. The highest BCUT2D eigenvalue weighted by atomic mass is 32.2. The molecule has 0 aliphatic carbocycles. The molecule has 1 fully saturated rings. The van der Waals surface area contributed by atoms with Crippen molar-refractivity contribution >= 4 is 9.84 Å². The van der Waals surface area contributed by atoms with Gasteiger partial charge in [-0.05, 0) is 39.2 Å². The maximum atomic E-state index is 11.0. The van der Waals surface area contributed by atoms with Gasteiger partial charge >= 0.3 is 0 Å². The molecule has 0 spiro atoms. The van der Waals surface area contributed by atoms with E-state index in [1.165, 1.54) is 12.7 Å². The molecule has 1 N–H and O–H groups in total. The molecule has 1 aliphatic rings. The van der Waals surface area contributed by atoms with Crippen molar-refractivity contribution in [2.75, 3.05) is 25.7 Å². The zero-order valence-electron chi connectivity index (χ0n) is 10.2. The fourth-order valence-electron chi connectivity index (χ4n) is 2.16. The Labute approximate surface area is 98.7 Å². The van der Waals surface area contributed by atoms with Crippen molar-refractivity contribution < 1.29 is 13.2 Å². The van der Waals surface area contributed by atoms with Gasteiger partial charge in [0.15, 0.2) is 0 Å². The summed E-state index contributed by atoms with van der Waals surface area (Å²) in [5, 5.41) is 3.24. The van der Waals surface area contributed by atoms with E-state index in [0.29, 0.717) is 12.5 Å². The molecule has 1 saturated heterocycles. The number of ether oxygens (including phenoxy) is 1. The van der Waals surface area contributed by atoms with Crippen molar-refractivity contribution in [2.45, 2.75) is 44.2 Å². The molecule has 0 radical (unpaired) electrons. The molecule has 5 heteroatoms. The first kappa shape index (κ1) is 13.9. The first-order valence-electron chi connectivity index (χ1n) is 5.99. The molecule has 0 aromatic heterocycles. The summed E-state index contributed by atoms with van der Waals surface area (Å²) in [6.45, 7) is 0.842. The molecule has 1 heterocycles. The zero-order valence-corrected chi connectivity index (χ0v) is 11.1. The second-order valence-corrected chi connectivity index (χ2v) is 6.83. The van der Waals surface area contributed by atoms with Crippen LogP contribution in [0.1, 0.15) is 32.1 Å². The molecule has 1 rings (SSSR count). The summed E-state index contributed by atoms with van der Waals surface area (Å²) < 4.78 is 27.8. The number of sulfone groups is 1. The van der Waals surface area contributed by atoms with Crippen molar-refractivity contribution in [1.29, 1.82) is 0 Å². The quantitative estimate of drug-likeness (QED) is 0.762. The van der Waals surface area contributed by atoms with Crippen molar-refractivity contribution in [1.82, 2.24) is 5.32 Å². The van der Waals surface area contributed by atoms with Crippen LogP contribution in [0.3, 0.4) is 0 Å². The van der Waals surface area contributed by atoms with Crippen molar-refractivity contribution in [3.05, 3.63) is 0 Å². The molecular weight excluding hydrogens is 226 g/mol. The van der Waals surface area contributed by atoms with Gasteiger partial charge in [-0.1, -0.05) is 0 Å². The van der Waals surface area contributed by atoms with Crippen LogP contribution in [0.5, 0.6) is 0 Å². The molecule has 0 aromatic rings. The Morgan fingerprint density at radius 1 is 1.44 bits per heavy atom. The van der Waals surface area contributed by atoms with Gasteiger partial charge in [-0.25, -0.2) is 8.42 Å². The van der Waals surface area contributed by atoms with Gasteiger partial charge < -0.3 is 10.1 Å². The van der Waals surface area contributed by atoms with Crippen LogP contribution in [0, 0.1) is 0 Å². The molecule has 0 aromatic carbocycles. The van der Waals surface area contributed by atoms with Gasteiger partial charge in [0.2, 0.25) is 0 Å². The smallest absolute Gasteiger partial charge is 0.147 e. The fourth-order valence-corrected chi connectivity index (χ4v) is 2.86. The Balaban J connectivity index is 2.30. The van der Waals surface area contributed by atoms with E-state index in [1.807, 2.05) is 7.05 Å². The summed E-state index contributed by atoms with van der Waals surface area (Å²) in [6.07, 6.45) is 6.59. The van der Waals surface area contributed by atoms with Gasteiger partial charge in [0.1, 0.15) is 9.84 Å². The molecule has 2 atom stereocenters. The molecule has 4 nitrogen and oxygen atoms in total. The van der Waals surface area contributed by atoms with Gasteiger partial charge in [-0.15, -0.1) is 0 Å². The van der Waals surface area contributed by atoms with E-state index in [4.69, 9.17) is 4.74 Å². The van der Waals surface area contributed by atoms with E-state index in [2.05, 4.69) is 5.32 Å². The standard InChI is InChI=1S/C11H23NO3S/c1-12-10(6-5-9-16(2,13)14)11-7-3-4-8-15-11/h10-12H,3-9H2,1-2H3. The number of hydrogen-bond donors (Lipinski definition) is 1. The third-order valence-corrected chi connectivity index (χ3v) is 4.09. The lowest BCUT2D eigenvalue weighted by Crippen LogP contribution is -2.41. The molecule has 1 aliphatic heterocycles. The van der Waals surface area contributed by atoms with E-state index >= 15 is 0 Å². The van der Waals surface area contributed by atoms with Crippen LogP contribution >= 0.6 is 0 Å². The molecule has 2 unspecified atom stereocenters. The summed E-state index contributed by atoms with van der Waals surface area (Å²) in [5.41, 5.74) is 0. The Hall–Kier alpha value is -0.130. The molecule has 96 valence electrons. The van der Waals surface area contributed by atoms with Gasteiger partial charge in [0.25, 0.3) is 0 Å². The molecule has 0 saturated carbocycles. The average Bonchev–Trinajstić information content (AvgIpc) is 2.24. The molecular formula is C11H23NO3S. The SMILES string of the molecule is CNC(CCCS(C)(=O)=O)C1CCCCO1. The van der Waals surface area contributed by atoms with Crippen molar-refractivity contribution in [2.24, 2.45) is 0 Å². The van der Waals surface area contributed by atoms with Gasteiger partial charge in [-0.2, -0.15) is 0 Å². The highest BCUT2D eigenvalue weighted by Crippen LogP contribution is 2.18. The van der Waals surface area contributed by atoms with Crippen LogP contribution in [0.4, 0.5) is 0 Å². The Kier molecular flexibility index (Phi) is 5.72. The van der Waals surface area contributed by atoms with Crippen LogP contribution in [-0.2, 0) is 14.6 Å². The van der Waals surface area contributed by atoms with E-state index in [1.54, 1.807) is 0 Å². The summed E-state index contributed by atoms with van der Waals surface area (Å²) in [4.78, 5) is 0. The monoisotopic (exact) mass is 249 g/mol. The average molecular weight is 249 g/mol. The lowest BCUT2D eigenvalue weighted by Gasteiger charge is -2.30. The topological polar surface area (TPSA) is 55.4 Å². The lowest BCUT2D eigenvalue weighted by molar-refractivity contribution is -0.00777. The van der Waals surface area contributed by atoms with Crippen LogP contribution < -0.4 is 5.32 Å². The maximum absolute atomic E-state index is 11.0. The summed E-state index contributed by atoms with van der Waals surface area (Å²) in [7, 11) is -0.908. The minimum atomic E-state index is -2.83. The molecule has 0 bridgehead atoms. The molecule has 16 heavy (non-hydrogen) atoms. The highest BCUT2D eigenvalue weighted by Gasteiger charge is 2.22. The van der Waals surface area contributed by atoms with Crippen LogP contribution in [0.2, 0.25) is 0 Å². The fraction of sp³-hybridized carbons (Fsp3) is 1.00. The van der Waals surface area contributed by atoms with Crippen LogP contribution in [0.15, 0.2) is 0 Å². The summed E-state index contributed by atoms with van der Waals surface area (Å²) in [6, 6.07) is 0.294. The highest BCUT2D eigenvalue weighted by molar-refractivity contribution is 7.90. The van der Waals surface area contributed by atoms with Crippen molar-refractivity contribution in [3.63, 3.8) is 0 Å². The third kappa shape index (κ3) is 5.27. The van der Waals surface area contributed by atoms with Gasteiger partial charge in [0, 0.05) is 24.7 Å². The minimum absolute atomic E-state index is 0.262. The van der Waals surface area contributed by atoms with Gasteiger partial charge in [-0.3, -0.25) is 0 Å². The van der Waals surface area contributed by atoms with E-state index in [-0.39, 0.29) is 11.9 Å². The van der Waals surface area contributed by atoms with Crippen molar-refractivity contribution in [3.8, 4) is 0 Å². The number of hydrogen-bond acceptors (Lipinski definition) is 4. The molecule has 0 amide bonds. The first-order chi connectivity index (χ1) is 7.53. The van der Waals surface area contributed by atoms with Crippen LogP contribution in [0.25, 0.3) is 0 Å². The van der Waals surface area contributed by atoms with Gasteiger partial charge in [0.05, 0.1) is 6.10 Å². The van der Waals surface area contributed by atoms with E-state index in [0.717, 1.165) is 25.9 Å². The predicted molar refractivity (Wildman–Crippen MR) is 65.4 cm³/mol. The third-order valence-electron chi connectivity index (χ3n) is 3.06. The number of rotatable bonds is 6. The summed E-state index contributed by atoms with van der Waals surface area (Å²) in [5.74, 6) is 0.276. The zero-order chi connectivity index (χ0) is 12.0. The second-order valence-electron chi connectivity index (χ2n) is 4.57. The summed E-state index contributed by atoms with van der Waals surface area (Å²) >= 11 is 0. The number of nitrogens with one attached hydrogen (secondary N) is 1. The lowest BCUT2D eigenvalue weighted by atomic mass is 9.99. The Bertz CT molecular complexity index is 284. The first-order valence-corrected chi connectivity index (χ1v) is 8.05. The largest absolute Gasteiger partial charge is 0.377 e. The second kappa shape index (κ2) is 6.57. The normalized spacial score (nSPS) is 24.2. The Morgan fingerprint density at radius 2 is 2.19 bits per heavy atom. The Morgan fingerprint density at radius 3 is 2.69 bits per heavy atom. The predicted octanol–water partition coefficient (Wildman–Crippen LogP) is 0.968. The number of likely N-dealkylation sites (N-methyl/N-ethyl adjacent to an activating group) is 1. The minimum Gasteiger partial charge on any atom is -0.377 e. The van der Waals surface area contributed by atoms with E-state index in [9.17, 15) is 8.42 Å².